The topological polar surface area (TPSA) is 75.7 Å². The predicted molar refractivity (Wildman–Crippen MR) is 145 cm³/mol. The van der Waals surface area contributed by atoms with Gasteiger partial charge in [-0.1, -0.05) is 73.1 Å². The summed E-state index contributed by atoms with van der Waals surface area (Å²) < 4.78 is 6.13. The normalized spacial score (nSPS) is 14.8. The first-order valence-corrected chi connectivity index (χ1v) is 12.2. The molecule has 1 N–H and O–H groups in total. The van der Waals surface area contributed by atoms with Crippen molar-refractivity contribution in [2.45, 2.75) is 20.0 Å². The van der Waals surface area contributed by atoms with Gasteiger partial charge in [0.1, 0.15) is 17.9 Å². The van der Waals surface area contributed by atoms with Crippen LogP contribution in [0.25, 0.3) is 16.8 Å². The maximum absolute atomic E-state index is 13.3. The summed E-state index contributed by atoms with van der Waals surface area (Å²) in [5, 5.41) is 4.84. The van der Waals surface area contributed by atoms with Crippen LogP contribution in [-0.4, -0.2) is 17.8 Å². The van der Waals surface area contributed by atoms with Crippen LogP contribution >= 0.6 is 11.6 Å². The maximum atomic E-state index is 13.3. The lowest BCUT2D eigenvalue weighted by atomic mass is 10.0. The fraction of sp³-hybridized carbons (Fsp3) is 0.100. The second-order valence-electron chi connectivity index (χ2n) is 8.59. The van der Waals surface area contributed by atoms with Gasteiger partial charge in [0.25, 0.3) is 11.8 Å². The second-order valence-corrected chi connectivity index (χ2v) is 9.02. The molecule has 7 heteroatoms. The highest BCUT2D eigenvalue weighted by molar-refractivity contribution is 6.39. The number of hydrogen-bond donors (Lipinski definition) is 1. The SMILES string of the molecule is CCc1ccc(N2C(=O)NC(=O)/C(=C\c3cc(Cl)ccc3OCc3cccc4ccccc34)C2=O)cc1. The largest absolute Gasteiger partial charge is 0.488 e. The number of nitrogens with one attached hydrogen (secondary N) is 1. The Morgan fingerprint density at radius 3 is 2.46 bits per heavy atom. The minimum Gasteiger partial charge on any atom is -0.488 e. The fourth-order valence-electron chi connectivity index (χ4n) is 4.27. The van der Waals surface area contributed by atoms with Gasteiger partial charge in [-0.15, -0.1) is 0 Å². The van der Waals surface area contributed by atoms with E-state index in [1.807, 2.05) is 61.5 Å². The molecular weight excluding hydrogens is 488 g/mol. The molecule has 1 saturated heterocycles. The van der Waals surface area contributed by atoms with Crippen LogP contribution in [-0.2, 0) is 22.6 Å². The first-order valence-electron chi connectivity index (χ1n) is 11.8. The molecule has 4 aromatic carbocycles. The summed E-state index contributed by atoms with van der Waals surface area (Å²) >= 11 is 6.24. The number of carbonyl (C=O) groups is 3. The zero-order valence-corrected chi connectivity index (χ0v) is 20.8. The monoisotopic (exact) mass is 510 g/mol. The Morgan fingerprint density at radius 2 is 1.68 bits per heavy atom. The van der Waals surface area contributed by atoms with Gasteiger partial charge in [-0.3, -0.25) is 14.9 Å². The molecule has 0 aliphatic carbocycles. The zero-order chi connectivity index (χ0) is 25.9. The van der Waals surface area contributed by atoms with E-state index in [4.69, 9.17) is 16.3 Å². The Bertz CT molecular complexity index is 1550. The first-order chi connectivity index (χ1) is 17.9. The first kappa shape index (κ1) is 24.3. The van der Waals surface area contributed by atoms with E-state index in [0.717, 1.165) is 33.2 Å². The van der Waals surface area contributed by atoms with Gasteiger partial charge < -0.3 is 4.74 Å². The Morgan fingerprint density at radius 1 is 0.919 bits per heavy atom. The van der Waals surface area contributed by atoms with Gasteiger partial charge in [0, 0.05) is 10.6 Å². The van der Waals surface area contributed by atoms with Gasteiger partial charge in [0.05, 0.1) is 5.69 Å². The summed E-state index contributed by atoms with van der Waals surface area (Å²) in [4.78, 5) is 39.5. The van der Waals surface area contributed by atoms with Crippen LogP contribution in [0.2, 0.25) is 5.02 Å². The van der Waals surface area contributed by atoms with Crippen molar-refractivity contribution >= 4 is 52.0 Å². The standard InChI is InChI=1S/C30H23ClN2O4/c1-2-19-10-13-24(14-11-19)33-29(35)26(28(34)32-30(33)36)17-22-16-23(31)12-15-27(22)37-18-21-8-5-7-20-6-3-4-9-25(20)21/h3-17H,2,18H2,1H3,(H,32,34,36)/b26-17+. The van der Waals surface area contributed by atoms with Crippen molar-refractivity contribution in [3.05, 3.63) is 112 Å². The number of anilines is 1. The molecule has 4 aromatic rings. The molecule has 6 nitrogen and oxygen atoms in total. The van der Waals surface area contributed by atoms with E-state index < -0.39 is 17.8 Å². The van der Waals surface area contributed by atoms with E-state index in [-0.39, 0.29) is 12.2 Å². The molecule has 0 atom stereocenters. The molecule has 5 rings (SSSR count). The number of fused-ring (bicyclic) bond motifs is 1. The highest BCUT2D eigenvalue weighted by Crippen LogP contribution is 2.29. The molecule has 1 fully saturated rings. The number of hydrogen-bond acceptors (Lipinski definition) is 4. The molecule has 1 aliphatic rings. The number of benzene rings is 4. The highest BCUT2D eigenvalue weighted by Gasteiger charge is 2.37. The van der Waals surface area contributed by atoms with E-state index in [1.54, 1.807) is 30.3 Å². The van der Waals surface area contributed by atoms with Crippen molar-refractivity contribution in [1.82, 2.24) is 5.32 Å². The maximum Gasteiger partial charge on any atom is 0.335 e. The summed E-state index contributed by atoms with van der Waals surface area (Å²) in [5.74, 6) is -1.06. The summed E-state index contributed by atoms with van der Waals surface area (Å²) in [6, 6.07) is 25.2. The van der Waals surface area contributed by atoms with Gasteiger partial charge in [-0.05, 0) is 64.7 Å². The third kappa shape index (κ3) is 4.97. The van der Waals surface area contributed by atoms with Gasteiger partial charge in [0.2, 0.25) is 0 Å². The fourth-order valence-corrected chi connectivity index (χ4v) is 4.45. The van der Waals surface area contributed by atoms with Crippen molar-refractivity contribution in [2.75, 3.05) is 4.90 Å². The Kier molecular flexibility index (Phi) is 6.75. The molecule has 1 heterocycles. The number of urea groups is 1. The van der Waals surface area contributed by atoms with Crippen molar-refractivity contribution in [3.8, 4) is 5.75 Å². The van der Waals surface area contributed by atoms with Crippen molar-refractivity contribution < 1.29 is 19.1 Å². The number of imide groups is 2. The molecule has 0 bridgehead atoms. The number of ether oxygens (including phenoxy) is 1. The number of rotatable bonds is 6. The average Bonchev–Trinajstić information content (AvgIpc) is 2.91. The minimum atomic E-state index is -0.796. The van der Waals surface area contributed by atoms with Crippen LogP contribution in [0.15, 0.2) is 90.5 Å². The smallest absolute Gasteiger partial charge is 0.335 e. The Labute approximate surface area is 219 Å². The van der Waals surface area contributed by atoms with Crippen molar-refractivity contribution in [3.63, 3.8) is 0 Å². The molecule has 0 aromatic heterocycles. The third-order valence-corrected chi connectivity index (χ3v) is 6.47. The van der Waals surface area contributed by atoms with Crippen LogP contribution in [0.5, 0.6) is 5.75 Å². The number of barbiturate groups is 1. The molecule has 0 spiro atoms. The van der Waals surface area contributed by atoms with Crippen LogP contribution in [0.4, 0.5) is 10.5 Å². The van der Waals surface area contributed by atoms with Crippen LogP contribution in [0.1, 0.15) is 23.6 Å². The van der Waals surface area contributed by atoms with Gasteiger partial charge >= 0.3 is 6.03 Å². The minimum absolute atomic E-state index is 0.198. The zero-order valence-electron chi connectivity index (χ0n) is 20.0. The number of nitrogens with zero attached hydrogens (tertiary/aromatic N) is 1. The molecule has 184 valence electrons. The van der Waals surface area contributed by atoms with Crippen molar-refractivity contribution in [2.24, 2.45) is 0 Å². The van der Waals surface area contributed by atoms with E-state index in [0.29, 0.717) is 22.0 Å². The molecule has 4 amide bonds. The van der Waals surface area contributed by atoms with E-state index in [1.165, 1.54) is 6.08 Å². The van der Waals surface area contributed by atoms with Gasteiger partial charge in [-0.2, -0.15) is 0 Å². The lowest BCUT2D eigenvalue weighted by molar-refractivity contribution is -0.122. The summed E-state index contributed by atoms with van der Waals surface area (Å²) in [5.41, 5.74) is 2.67. The summed E-state index contributed by atoms with van der Waals surface area (Å²) in [7, 11) is 0. The van der Waals surface area contributed by atoms with Crippen molar-refractivity contribution in [1.29, 1.82) is 0 Å². The molecule has 0 radical (unpaired) electrons. The predicted octanol–water partition coefficient (Wildman–Crippen LogP) is 6.30. The third-order valence-electron chi connectivity index (χ3n) is 6.24. The van der Waals surface area contributed by atoms with Crippen LogP contribution in [0, 0.1) is 0 Å². The van der Waals surface area contributed by atoms with Crippen LogP contribution in [0.3, 0.4) is 0 Å². The quantitative estimate of drug-likeness (QED) is 0.244. The van der Waals surface area contributed by atoms with E-state index in [2.05, 4.69) is 5.32 Å². The second kappa shape index (κ2) is 10.3. The lowest BCUT2D eigenvalue weighted by Crippen LogP contribution is -2.54. The summed E-state index contributed by atoms with van der Waals surface area (Å²) in [6.07, 6.45) is 2.22. The van der Waals surface area contributed by atoms with E-state index >= 15 is 0 Å². The lowest BCUT2D eigenvalue weighted by Gasteiger charge is -2.26. The van der Waals surface area contributed by atoms with Crippen LogP contribution < -0.4 is 15.0 Å². The Balaban J connectivity index is 1.47. The summed E-state index contributed by atoms with van der Waals surface area (Å²) in [6.45, 7) is 2.28. The number of halogens is 1. The molecule has 0 unspecified atom stereocenters. The highest BCUT2D eigenvalue weighted by atomic mass is 35.5. The van der Waals surface area contributed by atoms with Gasteiger partial charge in [0.15, 0.2) is 0 Å². The number of amides is 4. The average molecular weight is 511 g/mol. The number of carbonyl (C=O) groups excluding carboxylic acids is 3. The van der Waals surface area contributed by atoms with E-state index in [9.17, 15) is 14.4 Å². The Hall–Kier alpha value is -4.42. The number of aryl methyl sites for hydroxylation is 1. The molecule has 1 aliphatic heterocycles. The molecular formula is C30H23ClN2O4. The van der Waals surface area contributed by atoms with Gasteiger partial charge in [-0.25, -0.2) is 9.69 Å². The molecule has 0 saturated carbocycles. The molecule has 37 heavy (non-hydrogen) atoms.